The van der Waals surface area contributed by atoms with Gasteiger partial charge in [-0.2, -0.15) is 0 Å². The number of primary amides is 1. The number of allylic oxidation sites excluding steroid dienone is 2. The van der Waals surface area contributed by atoms with Crippen LogP contribution < -0.4 is 16.0 Å². The number of halogens is 1. The van der Waals surface area contributed by atoms with Gasteiger partial charge >= 0.3 is 0 Å². The number of nitrogens with one attached hydrogen (secondary N) is 1. The Bertz CT molecular complexity index is 1020. The number of aliphatic hydroxyl groups excluding tert-OH is 1. The van der Waals surface area contributed by atoms with Crippen molar-refractivity contribution in [1.82, 2.24) is 5.32 Å². The van der Waals surface area contributed by atoms with Gasteiger partial charge in [0.1, 0.15) is 5.82 Å². The summed E-state index contributed by atoms with van der Waals surface area (Å²) < 4.78 is 15.5. The molecule has 2 amide bonds. The number of nitrogens with two attached hydrogens (primary N) is 1. The second-order valence-electron chi connectivity index (χ2n) is 8.63. The number of aliphatic hydroxyl groups is 1. The topological polar surface area (TPSA) is 95.7 Å². The summed E-state index contributed by atoms with van der Waals surface area (Å²) in [6.45, 7) is 2.20. The molecule has 4 rings (SSSR count). The van der Waals surface area contributed by atoms with E-state index in [-0.39, 0.29) is 18.2 Å². The van der Waals surface area contributed by atoms with Gasteiger partial charge in [0.25, 0.3) is 5.91 Å². The van der Waals surface area contributed by atoms with E-state index in [1.165, 1.54) is 11.6 Å². The predicted octanol–water partition coefficient (Wildman–Crippen LogP) is 2.28. The minimum absolute atomic E-state index is 0.241. The van der Waals surface area contributed by atoms with Crippen molar-refractivity contribution < 1.29 is 19.1 Å². The minimum atomic E-state index is -0.719. The van der Waals surface area contributed by atoms with Gasteiger partial charge in [0, 0.05) is 30.3 Å². The maximum absolute atomic E-state index is 15.5. The summed E-state index contributed by atoms with van der Waals surface area (Å²) in [7, 11) is 0. The Morgan fingerprint density at radius 2 is 2.03 bits per heavy atom. The van der Waals surface area contributed by atoms with E-state index >= 15 is 4.39 Å². The number of benzene rings is 1. The molecule has 1 heterocycles. The third kappa shape index (κ3) is 4.17. The zero-order valence-electron chi connectivity index (χ0n) is 17.8. The standard InChI is InChI=1S/C24H28FN3O3/c1-2-6-21(30)27-15-10-16(29)13-28(12-15)23-20(25)11-19(24(26)31)18-9-14-7-4-3-5-8-17(14)22(18)23/h11,15-16,29H,3-5,7-10,12-13H2,1H3,(H2,26,31)(H,27,30)/t15-,16-/m0/s1. The van der Waals surface area contributed by atoms with Crippen LogP contribution in [-0.2, 0) is 11.2 Å². The number of hydrogen-bond acceptors (Lipinski definition) is 4. The van der Waals surface area contributed by atoms with Gasteiger partial charge in [-0.05, 0) is 68.6 Å². The summed E-state index contributed by atoms with van der Waals surface area (Å²) >= 11 is 0. The first-order valence-corrected chi connectivity index (χ1v) is 10.9. The maximum atomic E-state index is 15.5. The van der Waals surface area contributed by atoms with Crippen LogP contribution in [-0.4, -0.2) is 42.2 Å². The fourth-order valence-corrected chi connectivity index (χ4v) is 5.27. The van der Waals surface area contributed by atoms with E-state index in [0.717, 1.165) is 48.8 Å². The molecule has 0 unspecified atom stereocenters. The van der Waals surface area contributed by atoms with E-state index in [9.17, 15) is 14.7 Å². The van der Waals surface area contributed by atoms with Crippen molar-refractivity contribution in [3.63, 3.8) is 0 Å². The van der Waals surface area contributed by atoms with Crippen molar-refractivity contribution in [1.29, 1.82) is 0 Å². The van der Waals surface area contributed by atoms with Crippen molar-refractivity contribution in [3.8, 4) is 11.8 Å². The summed E-state index contributed by atoms with van der Waals surface area (Å²) in [6.07, 6.45) is 5.32. The van der Waals surface area contributed by atoms with E-state index < -0.39 is 23.7 Å². The number of rotatable bonds is 3. The largest absolute Gasteiger partial charge is 0.391 e. The molecule has 1 fully saturated rings. The van der Waals surface area contributed by atoms with Crippen molar-refractivity contribution in [2.45, 2.75) is 64.0 Å². The first-order valence-electron chi connectivity index (χ1n) is 10.9. The molecule has 6 nitrogen and oxygen atoms in total. The number of amides is 2. The van der Waals surface area contributed by atoms with Gasteiger partial charge in [0.2, 0.25) is 5.91 Å². The van der Waals surface area contributed by atoms with Crippen molar-refractivity contribution in [2.24, 2.45) is 5.73 Å². The smallest absolute Gasteiger partial charge is 0.296 e. The molecule has 164 valence electrons. The van der Waals surface area contributed by atoms with Gasteiger partial charge in [0.05, 0.1) is 11.8 Å². The summed E-state index contributed by atoms with van der Waals surface area (Å²) in [6, 6.07) is 0.881. The molecule has 1 aromatic carbocycles. The Balaban J connectivity index is 1.77. The molecule has 31 heavy (non-hydrogen) atoms. The van der Waals surface area contributed by atoms with Gasteiger partial charge in [-0.15, -0.1) is 0 Å². The van der Waals surface area contributed by atoms with Crippen LogP contribution in [0, 0.1) is 17.7 Å². The van der Waals surface area contributed by atoms with E-state index in [2.05, 4.69) is 17.2 Å². The third-order valence-electron chi connectivity index (χ3n) is 6.47. The summed E-state index contributed by atoms with van der Waals surface area (Å²) in [5, 5.41) is 13.3. The molecule has 4 N–H and O–H groups in total. The minimum Gasteiger partial charge on any atom is -0.391 e. The molecule has 0 spiro atoms. The van der Waals surface area contributed by atoms with Crippen LogP contribution in [0.2, 0.25) is 0 Å². The number of piperidine rings is 1. The number of nitrogens with zero attached hydrogens (tertiary/aromatic N) is 1. The number of carbonyl (C=O) groups is 2. The van der Waals surface area contributed by atoms with Crippen molar-refractivity contribution in [2.75, 3.05) is 18.0 Å². The summed E-state index contributed by atoms with van der Waals surface area (Å²) in [4.78, 5) is 25.8. The first kappa shape index (κ1) is 21.4. The van der Waals surface area contributed by atoms with Crippen molar-refractivity contribution >= 4 is 23.1 Å². The number of anilines is 1. The number of carbonyl (C=O) groups excluding carboxylic acids is 2. The lowest BCUT2D eigenvalue weighted by Gasteiger charge is -2.38. The number of fused-ring (bicyclic) bond motifs is 2. The van der Waals surface area contributed by atoms with Crippen LogP contribution in [0.5, 0.6) is 0 Å². The monoisotopic (exact) mass is 425 g/mol. The summed E-state index contributed by atoms with van der Waals surface area (Å²) in [5.41, 5.74) is 10.2. The molecule has 1 aromatic rings. The molecule has 3 aliphatic rings. The highest BCUT2D eigenvalue weighted by Gasteiger charge is 2.36. The molecule has 7 heteroatoms. The Labute approximate surface area is 181 Å². The molecule has 2 atom stereocenters. The lowest BCUT2D eigenvalue weighted by Crippen LogP contribution is -2.53. The maximum Gasteiger partial charge on any atom is 0.296 e. The van der Waals surface area contributed by atoms with Crippen LogP contribution >= 0.6 is 0 Å². The average molecular weight is 426 g/mol. The Morgan fingerprint density at radius 1 is 1.26 bits per heavy atom. The van der Waals surface area contributed by atoms with E-state index in [1.54, 1.807) is 11.8 Å². The van der Waals surface area contributed by atoms with Crippen LogP contribution in [0.15, 0.2) is 11.6 Å². The Hall–Kier alpha value is -2.85. The van der Waals surface area contributed by atoms with E-state index in [4.69, 9.17) is 5.73 Å². The fraction of sp³-hybridized carbons (Fsp3) is 0.500. The Morgan fingerprint density at radius 3 is 2.77 bits per heavy atom. The van der Waals surface area contributed by atoms with Gasteiger partial charge in [0.15, 0.2) is 0 Å². The van der Waals surface area contributed by atoms with Crippen LogP contribution in [0.3, 0.4) is 0 Å². The van der Waals surface area contributed by atoms with Crippen LogP contribution in [0.25, 0.3) is 5.57 Å². The third-order valence-corrected chi connectivity index (χ3v) is 6.47. The number of hydrogen-bond donors (Lipinski definition) is 3. The number of β-amino-alcohol motifs (C(OH)–C–C–N with tert-alkyl or cyclic N) is 1. The highest BCUT2D eigenvalue weighted by molar-refractivity contribution is 5.99. The zero-order valence-corrected chi connectivity index (χ0v) is 17.8. The van der Waals surface area contributed by atoms with Gasteiger partial charge in [-0.3, -0.25) is 9.59 Å². The Kier molecular flexibility index (Phi) is 6.01. The molecule has 0 bridgehead atoms. The average Bonchev–Trinajstić information content (AvgIpc) is 2.89. The quantitative estimate of drug-likeness (QED) is 0.648. The normalized spacial score (nSPS) is 22.7. The molecule has 0 saturated carbocycles. The predicted molar refractivity (Wildman–Crippen MR) is 117 cm³/mol. The zero-order chi connectivity index (χ0) is 22.1. The van der Waals surface area contributed by atoms with E-state index in [1.807, 2.05) is 0 Å². The fourth-order valence-electron chi connectivity index (χ4n) is 5.27. The lowest BCUT2D eigenvalue weighted by molar-refractivity contribution is -0.116. The van der Waals surface area contributed by atoms with Crippen molar-refractivity contribution in [3.05, 3.63) is 34.1 Å². The van der Waals surface area contributed by atoms with E-state index in [0.29, 0.717) is 25.1 Å². The lowest BCUT2D eigenvalue weighted by atomic mass is 9.92. The highest BCUT2D eigenvalue weighted by atomic mass is 19.1. The second-order valence-corrected chi connectivity index (χ2v) is 8.63. The molecule has 1 aliphatic heterocycles. The molecule has 0 radical (unpaired) electrons. The van der Waals surface area contributed by atoms with Crippen LogP contribution in [0.4, 0.5) is 10.1 Å². The molecule has 1 saturated heterocycles. The highest BCUT2D eigenvalue weighted by Crippen LogP contribution is 2.47. The van der Waals surface area contributed by atoms with Gasteiger partial charge < -0.3 is 21.1 Å². The van der Waals surface area contributed by atoms with Gasteiger partial charge in [-0.1, -0.05) is 17.9 Å². The summed E-state index contributed by atoms with van der Waals surface area (Å²) in [5.74, 6) is 3.45. The molecular weight excluding hydrogens is 397 g/mol. The second kappa shape index (κ2) is 8.72. The van der Waals surface area contributed by atoms with Gasteiger partial charge in [-0.25, -0.2) is 4.39 Å². The van der Waals surface area contributed by atoms with Crippen LogP contribution in [0.1, 0.15) is 66.9 Å². The molecule has 2 aliphatic carbocycles. The first-order chi connectivity index (χ1) is 14.9. The molecular formula is C24H28FN3O3. The SMILES string of the molecule is CC#CC(=O)N[C@H]1C[C@H](O)CN(c2c(F)cc(C(N)=O)c3c2C2=C(CCCCC2)C3)C1. The molecule has 0 aromatic heterocycles.